The summed E-state index contributed by atoms with van der Waals surface area (Å²) in [6.07, 6.45) is -2.55. The first-order chi connectivity index (χ1) is 11.7. The lowest BCUT2D eigenvalue weighted by Gasteiger charge is -2.26. The predicted molar refractivity (Wildman–Crippen MR) is 83.8 cm³/mol. The number of nitrogens with zero attached hydrogens (tertiary/aromatic N) is 4. The zero-order chi connectivity index (χ0) is 18.4. The van der Waals surface area contributed by atoms with Crippen LogP contribution in [0.25, 0.3) is 11.1 Å². The molecule has 0 spiro atoms. The van der Waals surface area contributed by atoms with Crippen LogP contribution in [-0.2, 0) is 13.5 Å². The van der Waals surface area contributed by atoms with Crippen molar-refractivity contribution >= 4 is 11.4 Å². The molecule has 0 fully saturated rings. The SMILES string of the molecule is COc1cc2c(cc1[N+](=O)[O-])-c1cnn(C)c1CCN2CC(F)(F)F. The molecule has 7 nitrogen and oxygen atoms in total. The molecule has 0 unspecified atom stereocenters. The first kappa shape index (κ1) is 17.1. The number of methoxy groups -OCH3 is 1. The number of halogens is 3. The van der Waals surface area contributed by atoms with Gasteiger partial charge in [-0.25, -0.2) is 0 Å². The molecule has 1 aliphatic heterocycles. The summed E-state index contributed by atoms with van der Waals surface area (Å²) in [5.41, 5.74) is 1.60. The number of fused-ring (bicyclic) bond motifs is 3. The number of nitro groups is 1. The van der Waals surface area contributed by atoms with Crippen LogP contribution in [0.1, 0.15) is 5.69 Å². The van der Waals surface area contributed by atoms with Crippen molar-refractivity contribution in [2.45, 2.75) is 12.6 Å². The monoisotopic (exact) mass is 356 g/mol. The third kappa shape index (κ3) is 3.11. The third-order valence-corrected chi connectivity index (χ3v) is 4.17. The summed E-state index contributed by atoms with van der Waals surface area (Å²) in [6.45, 7) is -1.04. The number of benzene rings is 1. The maximum absolute atomic E-state index is 13.0. The Bertz CT molecular complexity index is 832. The van der Waals surface area contributed by atoms with Gasteiger partial charge in [-0.15, -0.1) is 0 Å². The third-order valence-electron chi connectivity index (χ3n) is 4.17. The van der Waals surface area contributed by atoms with Gasteiger partial charge in [0.15, 0.2) is 5.75 Å². The second-order valence-electron chi connectivity index (χ2n) is 5.71. The fraction of sp³-hybridized carbons (Fsp3) is 0.400. The van der Waals surface area contributed by atoms with E-state index in [4.69, 9.17) is 4.74 Å². The molecule has 0 N–H and O–H groups in total. The van der Waals surface area contributed by atoms with Gasteiger partial charge in [0.25, 0.3) is 0 Å². The molecule has 134 valence electrons. The normalized spacial score (nSPS) is 13.9. The molecule has 0 saturated heterocycles. The second kappa shape index (κ2) is 5.94. The molecular formula is C15H15F3N4O3. The molecule has 3 rings (SSSR count). The fourth-order valence-corrected chi connectivity index (χ4v) is 3.07. The van der Waals surface area contributed by atoms with Crippen LogP contribution >= 0.6 is 0 Å². The van der Waals surface area contributed by atoms with Gasteiger partial charge in [0, 0.05) is 54.7 Å². The highest BCUT2D eigenvalue weighted by Gasteiger charge is 2.35. The first-order valence-electron chi connectivity index (χ1n) is 7.40. The summed E-state index contributed by atoms with van der Waals surface area (Å²) in [5, 5.41) is 15.4. The molecule has 0 atom stereocenters. The average molecular weight is 356 g/mol. The summed E-state index contributed by atoms with van der Waals surface area (Å²) in [7, 11) is 2.94. The van der Waals surface area contributed by atoms with Gasteiger partial charge >= 0.3 is 11.9 Å². The molecule has 1 aromatic heterocycles. The van der Waals surface area contributed by atoms with E-state index in [9.17, 15) is 23.3 Å². The smallest absolute Gasteiger partial charge is 0.405 e. The molecule has 2 heterocycles. The predicted octanol–water partition coefficient (Wildman–Crippen LogP) is 2.93. The van der Waals surface area contributed by atoms with Gasteiger partial charge in [0.1, 0.15) is 6.54 Å². The molecule has 1 aliphatic rings. The molecule has 0 amide bonds. The summed E-state index contributed by atoms with van der Waals surface area (Å²) < 4.78 is 45.6. The van der Waals surface area contributed by atoms with Crippen LogP contribution in [0.2, 0.25) is 0 Å². The van der Waals surface area contributed by atoms with E-state index in [-0.39, 0.29) is 23.7 Å². The Hall–Kier alpha value is -2.78. The molecule has 10 heteroatoms. The van der Waals surface area contributed by atoms with Crippen molar-refractivity contribution in [1.82, 2.24) is 9.78 Å². The number of aromatic nitrogens is 2. The fourth-order valence-electron chi connectivity index (χ4n) is 3.07. The van der Waals surface area contributed by atoms with E-state index < -0.39 is 17.6 Å². The van der Waals surface area contributed by atoms with Crippen LogP contribution in [0.4, 0.5) is 24.5 Å². The summed E-state index contributed by atoms with van der Waals surface area (Å²) in [4.78, 5) is 11.8. The number of hydrogen-bond acceptors (Lipinski definition) is 5. The number of hydrogen-bond donors (Lipinski definition) is 0. The van der Waals surface area contributed by atoms with Crippen molar-refractivity contribution < 1.29 is 22.8 Å². The van der Waals surface area contributed by atoms with Crippen LogP contribution in [0.3, 0.4) is 0 Å². The number of anilines is 1. The van der Waals surface area contributed by atoms with Crippen molar-refractivity contribution in [1.29, 1.82) is 0 Å². The number of nitro benzene ring substituents is 1. The lowest BCUT2D eigenvalue weighted by atomic mass is 10.0. The van der Waals surface area contributed by atoms with Gasteiger partial charge in [0.2, 0.25) is 0 Å². The minimum absolute atomic E-state index is 0.0803. The van der Waals surface area contributed by atoms with E-state index in [2.05, 4.69) is 5.10 Å². The first-order valence-corrected chi connectivity index (χ1v) is 7.40. The standard InChI is InChI=1S/C15H15F3N4O3/c1-20-11-3-4-21(8-15(16,17)18)12-6-14(25-2)13(22(23)24)5-9(12)10(11)7-19-20/h5-7H,3-4,8H2,1-2H3. The second-order valence-corrected chi connectivity index (χ2v) is 5.71. The minimum Gasteiger partial charge on any atom is -0.490 e. The molecule has 2 aromatic rings. The lowest BCUT2D eigenvalue weighted by molar-refractivity contribution is -0.385. The number of rotatable bonds is 3. The van der Waals surface area contributed by atoms with Crippen LogP contribution in [0, 0.1) is 10.1 Å². The molecular weight excluding hydrogens is 341 g/mol. The number of ether oxygens (including phenoxy) is 1. The Balaban J connectivity index is 2.24. The Morgan fingerprint density at radius 1 is 1.36 bits per heavy atom. The van der Waals surface area contributed by atoms with E-state index in [1.54, 1.807) is 11.7 Å². The van der Waals surface area contributed by atoms with Crippen molar-refractivity contribution in [3.63, 3.8) is 0 Å². The van der Waals surface area contributed by atoms with Crippen molar-refractivity contribution in [2.75, 3.05) is 25.1 Å². The Morgan fingerprint density at radius 2 is 2.08 bits per heavy atom. The van der Waals surface area contributed by atoms with Gasteiger partial charge in [-0.05, 0) is 0 Å². The molecule has 0 aliphatic carbocycles. The van der Waals surface area contributed by atoms with Crippen LogP contribution < -0.4 is 9.64 Å². The molecule has 0 bridgehead atoms. The average Bonchev–Trinajstić information content (AvgIpc) is 2.82. The lowest BCUT2D eigenvalue weighted by Crippen LogP contribution is -2.35. The topological polar surface area (TPSA) is 73.4 Å². The Kier molecular flexibility index (Phi) is 4.05. The van der Waals surface area contributed by atoms with E-state index >= 15 is 0 Å². The highest BCUT2D eigenvalue weighted by molar-refractivity contribution is 5.85. The van der Waals surface area contributed by atoms with Crippen molar-refractivity contribution in [3.05, 3.63) is 34.1 Å². The zero-order valence-corrected chi connectivity index (χ0v) is 13.5. The zero-order valence-electron chi connectivity index (χ0n) is 13.5. The Morgan fingerprint density at radius 3 is 2.68 bits per heavy atom. The molecule has 0 radical (unpaired) electrons. The van der Waals surface area contributed by atoms with E-state index in [0.29, 0.717) is 17.5 Å². The maximum Gasteiger partial charge on any atom is 0.405 e. The van der Waals surface area contributed by atoms with Gasteiger partial charge in [0.05, 0.1) is 18.2 Å². The summed E-state index contributed by atoms with van der Waals surface area (Å²) >= 11 is 0. The van der Waals surface area contributed by atoms with Crippen LogP contribution in [0.15, 0.2) is 18.3 Å². The van der Waals surface area contributed by atoms with Crippen molar-refractivity contribution in [2.24, 2.45) is 7.05 Å². The minimum atomic E-state index is -4.40. The summed E-state index contributed by atoms with van der Waals surface area (Å²) in [6, 6.07) is 2.55. The molecule has 1 aromatic carbocycles. The summed E-state index contributed by atoms with van der Waals surface area (Å²) in [5.74, 6) is -0.0803. The van der Waals surface area contributed by atoms with Gasteiger partial charge in [-0.3, -0.25) is 14.8 Å². The maximum atomic E-state index is 13.0. The van der Waals surface area contributed by atoms with Gasteiger partial charge in [-0.2, -0.15) is 18.3 Å². The van der Waals surface area contributed by atoms with Crippen molar-refractivity contribution in [3.8, 4) is 16.9 Å². The van der Waals surface area contributed by atoms with E-state index in [1.165, 1.54) is 30.3 Å². The van der Waals surface area contributed by atoms with Crippen LogP contribution in [0.5, 0.6) is 5.75 Å². The largest absolute Gasteiger partial charge is 0.490 e. The quantitative estimate of drug-likeness (QED) is 0.624. The Labute approximate surface area is 140 Å². The number of aryl methyl sites for hydroxylation is 1. The van der Waals surface area contributed by atoms with Crippen LogP contribution in [-0.4, -0.2) is 41.1 Å². The van der Waals surface area contributed by atoms with Gasteiger partial charge < -0.3 is 9.64 Å². The molecule has 0 saturated carbocycles. The molecule has 25 heavy (non-hydrogen) atoms. The number of alkyl halides is 3. The van der Waals surface area contributed by atoms with E-state index in [0.717, 1.165) is 5.69 Å². The highest BCUT2D eigenvalue weighted by atomic mass is 19.4. The van der Waals surface area contributed by atoms with E-state index in [1.807, 2.05) is 0 Å². The van der Waals surface area contributed by atoms with Gasteiger partial charge in [-0.1, -0.05) is 0 Å². The highest BCUT2D eigenvalue weighted by Crippen LogP contribution is 2.43.